The van der Waals surface area contributed by atoms with Crippen molar-refractivity contribution in [3.05, 3.63) is 46.9 Å². The molecular weight excluding hydrogens is 328 g/mol. The van der Waals surface area contributed by atoms with E-state index in [0.717, 1.165) is 27.9 Å². The fourth-order valence-electron chi connectivity index (χ4n) is 4.01. The molecule has 3 heterocycles. The third kappa shape index (κ3) is 2.68. The summed E-state index contributed by atoms with van der Waals surface area (Å²) in [6.45, 7) is 4.78. The summed E-state index contributed by atoms with van der Waals surface area (Å²) in [4.78, 5) is 14.2. The van der Waals surface area contributed by atoms with Gasteiger partial charge in [-0.25, -0.2) is 0 Å². The fourth-order valence-corrected chi connectivity index (χ4v) is 4.01. The maximum Gasteiger partial charge on any atom is 0.224 e. The predicted octanol–water partition coefficient (Wildman–Crippen LogP) is 1.97. The molecule has 0 radical (unpaired) electrons. The van der Waals surface area contributed by atoms with Crippen LogP contribution >= 0.6 is 0 Å². The minimum absolute atomic E-state index is 0.00656. The second-order valence-corrected chi connectivity index (χ2v) is 7.14. The van der Waals surface area contributed by atoms with Gasteiger partial charge >= 0.3 is 0 Å². The number of rotatable bonds is 4. The molecule has 7 heteroatoms. The van der Waals surface area contributed by atoms with E-state index in [-0.39, 0.29) is 18.0 Å². The summed E-state index contributed by atoms with van der Waals surface area (Å²) in [6.07, 6.45) is 2.32. The molecule has 0 saturated carbocycles. The van der Waals surface area contributed by atoms with Crippen molar-refractivity contribution in [2.75, 3.05) is 7.05 Å². The van der Waals surface area contributed by atoms with Crippen LogP contribution in [0.25, 0.3) is 10.9 Å². The van der Waals surface area contributed by atoms with Crippen molar-refractivity contribution in [2.24, 2.45) is 7.05 Å². The Balaban J connectivity index is 1.58. The second-order valence-electron chi connectivity index (χ2n) is 7.14. The molecule has 0 unspecified atom stereocenters. The van der Waals surface area contributed by atoms with Crippen LogP contribution in [0.4, 0.5) is 0 Å². The summed E-state index contributed by atoms with van der Waals surface area (Å²) in [5.41, 5.74) is 5.45. The van der Waals surface area contributed by atoms with Crippen LogP contribution in [0.15, 0.2) is 24.4 Å². The van der Waals surface area contributed by atoms with Crippen molar-refractivity contribution >= 4 is 16.8 Å². The summed E-state index contributed by atoms with van der Waals surface area (Å²) >= 11 is 0. The molecular formula is C19H24N6O. The largest absolute Gasteiger partial charge is 0.337 e. The third-order valence-electron chi connectivity index (χ3n) is 5.52. The minimum atomic E-state index is 0.00656. The molecule has 2 atom stereocenters. The Kier molecular flexibility index (Phi) is 4.03. The van der Waals surface area contributed by atoms with Crippen LogP contribution in [-0.2, 0) is 18.4 Å². The molecule has 2 N–H and O–H groups in total. The molecule has 3 aromatic rings. The van der Waals surface area contributed by atoms with Gasteiger partial charge < -0.3 is 10.2 Å². The first kappa shape index (κ1) is 16.8. The normalized spacial score (nSPS) is 20.5. The number of hydrogen-bond acceptors (Lipinski definition) is 4. The van der Waals surface area contributed by atoms with Gasteiger partial charge in [0.15, 0.2) is 0 Å². The molecule has 136 valence electrons. The second kappa shape index (κ2) is 6.25. The van der Waals surface area contributed by atoms with E-state index in [2.05, 4.69) is 45.7 Å². The van der Waals surface area contributed by atoms with Crippen molar-refractivity contribution in [3.8, 4) is 0 Å². The first-order valence-electron chi connectivity index (χ1n) is 8.87. The summed E-state index contributed by atoms with van der Waals surface area (Å²) < 4.78 is 1.89. The van der Waals surface area contributed by atoms with Crippen LogP contribution in [0.5, 0.6) is 0 Å². The highest BCUT2D eigenvalue weighted by molar-refractivity contribution is 5.80. The molecule has 1 aliphatic rings. The molecule has 1 aromatic carbocycles. The molecule has 1 saturated heterocycles. The first-order chi connectivity index (χ1) is 12.5. The summed E-state index contributed by atoms with van der Waals surface area (Å²) in [5.74, 6) is 0.166. The van der Waals surface area contributed by atoms with Crippen LogP contribution < -0.4 is 5.32 Å². The molecule has 7 nitrogen and oxygen atoms in total. The van der Waals surface area contributed by atoms with E-state index >= 15 is 0 Å². The maximum atomic E-state index is 12.4. The zero-order valence-corrected chi connectivity index (χ0v) is 15.6. The number of nitrogens with zero attached hydrogens (tertiary/aromatic N) is 4. The highest BCUT2D eigenvalue weighted by Crippen LogP contribution is 2.35. The molecule has 0 bridgehead atoms. The van der Waals surface area contributed by atoms with Gasteiger partial charge in [-0.2, -0.15) is 10.2 Å². The number of likely N-dealkylation sites (tertiary alicyclic amines) is 1. The zero-order valence-electron chi connectivity index (χ0n) is 15.6. The summed E-state index contributed by atoms with van der Waals surface area (Å²) in [5, 5.41) is 16.3. The van der Waals surface area contributed by atoms with Crippen LogP contribution in [-0.4, -0.2) is 43.9 Å². The van der Waals surface area contributed by atoms with Crippen LogP contribution in [0.2, 0.25) is 0 Å². The van der Waals surface area contributed by atoms with E-state index in [0.29, 0.717) is 13.0 Å². The van der Waals surface area contributed by atoms with Gasteiger partial charge in [0.05, 0.1) is 23.4 Å². The fraction of sp³-hybridized carbons (Fsp3) is 0.421. The lowest BCUT2D eigenvalue weighted by atomic mass is 9.98. The lowest BCUT2D eigenvalue weighted by Gasteiger charge is -2.26. The molecule has 1 fully saturated rings. The number of amides is 1. The van der Waals surface area contributed by atoms with Crippen molar-refractivity contribution in [3.63, 3.8) is 0 Å². The average molecular weight is 352 g/mol. The average Bonchev–Trinajstić information content (AvgIpc) is 3.25. The van der Waals surface area contributed by atoms with Gasteiger partial charge in [-0.1, -0.05) is 12.1 Å². The monoisotopic (exact) mass is 352 g/mol. The molecule has 0 aliphatic carbocycles. The van der Waals surface area contributed by atoms with E-state index in [1.54, 1.807) is 0 Å². The van der Waals surface area contributed by atoms with Crippen molar-refractivity contribution in [1.82, 2.24) is 30.2 Å². The third-order valence-corrected chi connectivity index (χ3v) is 5.52. The predicted molar refractivity (Wildman–Crippen MR) is 99.5 cm³/mol. The number of aryl methyl sites for hydroxylation is 2. The maximum absolute atomic E-state index is 12.4. The van der Waals surface area contributed by atoms with Crippen LogP contribution in [0, 0.1) is 13.8 Å². The number of fused-ring (bicyclic) bond motifs is 1. The number of carbonyl (C=O) groups is 1. The van der Waals surface area contributed by atoms with Crippen molar-refractivity contribution in [1.29, 1.82) is 0 Å². The quantitative estimate of drug-likeness (QED) is 0.752. The van der Waals surface area contributed by atoms with Gasteiger partial charge in [-0.15, -0.1) is 0 Å². The Bertz CT molecular complexity index is 972. The molecule has 0 spiro atoms. The Morgan fingerprint density at radius 1 is 1.31 bits per heavy atom. The highest BCUT2D eigenvalue weighted by atomic mass is 16.2. The van der Waals surface area contributed by atoms with Crippen LogP contribution in [0.1, 0.15) is 35.0 Å². The van der Waals surface area contributed by atoms with Crippen molar-refractivity contribution in [2.45, 2.75) is 38.9 Å². The zero-order chi connectivity index (χ0) is 18.4. The Labute approximate surface area is 152 Å². The lowest BCUT2D eigenvalue weighted by molar-refractivity contribution is -0.127. The molecule has 4 rings (SSSR count). The Hall–Kier alpha value is -2.67. The number of likely N-dealkylation sites (N-methyl/N-ethyl adjacent to an activating group) is 1. The smallest absolute Gasteiger partial charge is 0.224 e. The van der Waals surface area contributed by atoms with Gasteiger partial charge in [0.2, 0.25) is 5.91 Å². The summed E-state index contributed by atoms with van der Waals surface area (Å²) in [7, 11) is 3.84. The van der Waals surface area contributed by atoms with Crippen molar-refractivity contribution < 1.29 is 4.79 Å². The molecule has 1 amide bonds. The Morgan fingerprint density at radius 2 is 2.12 bits per heavy atom. The van der Waals surface area contributed by atoms with E-state index in [1.807, 2.05) is 36.8 Å². The number of nitrogens with one attached hydrogen (secondary N) is 2. The van der Waals surface area contributed by atoms with Gasteiger partial charge in [-0.3, -0.25) is 14.6 Å². The number of benzene rings is 1. The lowest BCUT2D eigenvalue weighted by Crippen LogP contribution is -2.35. The number of aromatic amines is 1. The van der Waals surface area contributed by atoms with Gasteiger partial charge in [-0.05, 0) is 25.5 Å². The minimum Gasteiger partial charge on any atom is -0.337 e. The number of aromatic nitrogens is 4. The van der Waals surface area contributed by atoms with Gasteiger partial charge in [0, 0.05) is 49.7 Å². The standard InChI is InChI=1S/C19H24N6O/c1-11-18(12(2)25(4)23-11)19-16(8-17(26)24(19)3)20-9-13-5-6-14-10-21-22-15(14)7-13/h5-7,10,16,19-20H,8-9H2,1-4H3,(H,21,22)/t16-,19-/m1/s1. The van der Waals surface area contributed by atoms with Crippen LogP contribution in [0.3, 0.4) is 0 Å². The van der Waals surface area contributed by atoms with Gasteiger partial charge in [0.25, 0.3) is 0 Å². The molecule has 2 aromatic heterocycles. The summed E-state index contributed by atoms with van der Waals surface area (Å²) in [6, 6.07) is 6.33. The Morgan fingerprint density at radius 3 is 2.85 bits per heavy atom. The first-order valence-corrected chi connectivity index (χ1v) is 8.87. The number of H-pyrrole nitrogens is 1. The SMILES string of the molecule is Cc1nn(C)c(C)c1[C@H]1[C@H](NCc2ccc3cn[nH]c3c2)CC(=O)N1C. The van der Waals surface area contributed by atoms with E-state index < -0.39 is 0 Å². The van der Waals surface area contributed by atoms with Gasteiger partial charge in [0.1, 0.15) is 0 Å². The molecule has 1 aliphatic heterocycles. The number of hydrogen-bond donors (Lipinski definition) is 2. The number of carbonyl (C=O) groups excluding carboxylic acids is 1. The van der Waals surface area contributed by atoms with E-state index in [1.165, 1.54) is 5.56 Å². The topological polar surface area (TPSA) is 78.8 Å². The highest BCUT2D eigenvalue weighted by Gasteiger charge is 2.40. The molecule has 26 heavy (non-hydrogen) atoms. The van der Waals surface area contributed by atoms with E-state index in [4.69, 9.17) is 0 Å². The van der Waals surface area contributed by atoms with E-state index in [9.17, 15) is 4.79 Å².